The molecule has 0 bridgehead atoms. The molecular formula is C18H20FN5O3S. The third kappa shape index (κ3) is 3.45. The third-order valence-electron chi connectivity index (χ3n) is 5.02. The van der Waals surface area contributed by atoms with Gasteiger partial charge in [0.25, 0.3) is 5.56 Å². The maximum Gasteiger partial charge on any atom is 0.262 e. The van der Waals surface area contributed by atoms with Crippen molar-refractivity contribution in [3.05, 3.63) is 39.1 Å². The molecule has 0 unspecified atom stereocenters. The molecule has 1 aliphatic heterocycles. The fourth-order valence-electron chi connectivity index (χ4n) is 3.55. The van der Waals surface area contributed by atoms with Crippen molar-refractivity contribution < 1.29 is 13.9 Å². The number of ether oxygens (including phenoxy) is 1. The highest BCUT2D eigenvalue weighted by atomic mass is 32.1. The molecule has 2 N–H and O–H groups in total. The molecular weight excluding hydrogens is 385 g/mol. The average molecular weight is 405 g/mol. The normalized spacial score (nSPS) is 15.3. The largest absolute Gasteiger partial charge is 0.381 e. The van der Waals surface area contributed by atoms with Gasteiger partial charge in [0.2, 0.25) is 16.5 Å². The second-order valence-corrected chi connectivity index (χ2v) is 7.20. The first-order valence-corrected chi connectivity index (χ1v) is 9.62. The molecule has 1 aliphatic rings. The summed E-state index contributed by atoms with van der Waals surface area (Å²) in [6, 6.07) is 4.00. The van der Waals surface area contributed by atoms with Crippen molar-refractivity contribution in [2.45, 2.75) is 25.8 Å². The molecule has 3 heterocycles. The highest BCUT2D eigenvalue weighted by Gasteiger charge is 2.21. The topological polar surface area (TPSA) is 93.4 Å². The minimum atomic E-state index is -0.491. The van der Waals surface area contributed by atoms with Crippen molar-refractivity contribution in [1.82, 2.24) is 24.5 Å². The minimum absolute atomic E-state index is 0.0170. The van der Waals surface area contributed by atoms with Gasteiger partial charge >= 0.3 is 0 Å². The standard InChI is InChI=1S/C18H20FN5O3S/c19-12-2-3-14-13(10-12)16(26)23(17-21-22-18(28)24(14)17)7-1-6-20-15(25)11-4-8-27-9-5-11/h2-3,10-11H,1,4-9H2,(H,20,25)(H,22,28). The second-order valence-electron chi connectivity index (χ2n) is 6.81. The van der Waals surface area contributed by atoms with Crippen molar-refractivity contribution in [3.63, 3.8) is 0 Å². The molecule has 1 fully saturated rings. The zero-order valence-electron chi connectivity index (χ0n) is 15.1. The summed E-state index contributed by atoms with van der Waals surface area (Å²) in [4.78, 5) is 25.1. The van der Waals surface area contributed by atoms with Gasteiger partial charge in [0, 0.05) is 32.2 Å². The number of carbonyl (C=O) groups is 1. The van der Waals surface area contributed by atoms with Crippen LogP contribution in [0.1, 0.15) is 19.3 Å². The number of amides is 1. The second kappa shape index (κ2) is 7.80. The van der Waals surface area contributed by atoms with Gasteiger partial charge in [-0.25, -0.2) is 9.49 Å². The number of carbonyl (C=O) groups excluding carboxylic acids is 1. The quantitative estimate of drug-likeness (QED) is 0.499. The molecule has 1 amide bonds. The summed E-state index contributed by atoms with van der Waals surface area (Å²) >= 11 is 5.26. The Hall–Kier alpha value is -2.59. The number of benzene rings is 1. The van der Waals surface area contributed by atoms with Gasteiger partial charge in [0.1, 0.15) is 5.82 Å². The van der Waals surface area contributed by atoms with E-state index in [4.69, 9.17) is 17.0 Å². The van der Waals surface area contributed by atoms with Crippen LogP contribution in [-0.2, 0) is 16.1 Å². The molecule has 0 aliphatic carbocycles. The van der Waals surface area contributed by atoms with Crippen LogP contribution in [0.5, 0.6) is 0 Å². The van der Waals surface area contributed by atoms with E-state index in [0.29, 0.717) is 48.8 Å². The molecule has 0 spiro atoms. The predicted octanol–water partition coefficient (Wildman–Crippen LogP) is 1.78. The van der Waals surface area contributed by atoms with Gasteiger partial charge in [-0.2, -0.15) is 0 Å². The number of H-pyrrole nitrogens is 1. The van der Waals surface area contributed by atoms with E-state index in [1.54, 1.807) is 4.40 Å². The van der Waals surface area contributed by atoms with E-state index in [1.165, 1.54) is 22.8 Å². The van der Waals surface area contributed by atoms with E-state index in [2.05, 4.69) is 15.5 Å². The molecule has 0 radical (unpaired) electrons. The first-order valence-electron chi connectivity index (χ1n) is 9.21. The Kier molecular flexibility index (Phi) is 5.23. The first-order chi connectivity index (χ1) is 13.6. The Balaban J connectivity index is 1.55. The van der Waals surface area contributed by atoms with Crippen LogP contribution in [0.25, 0.3) is 16.7 Å². The van der Waals surface area contributed by atoms with Crippen LogP contribution < -0.4 is 10.9 Å². The summed E-state index contributed by atoms with van der Waals surface area (Å²) in [7, 11) is 0. The highest BCUT2D eigenvalue weighted by Crippen LogP contribution is 2.16. The summed E-state index contributed by atoms with van der Waals surface area (Å²) in [5.41, 5.74) is 0.163. The third-order valence-corrected chi connectivity index (χ3v) is 5.29. The Morgan fingerprint density at radius 1 is 1.39 bits per heavy atom. The monoisotopic (exact) mass is 405 g/mol. The van der Waals surface area contributed by atoms with Crippen molar-refractivity contribution >= 4 is 34.8 Å². The van der Waals surface area contributed by atoms with Crippen LogP contribution in [0.15, 0.2) is 23.0 Å². The number of nitrogens with zero attached hydrogens (tertiary/aromatic N) is 3. The number of aromatic nitrogens is 4. The number of fused-ring (bicyclic) bond motifs is 3. The molecule has 2 aromatic heterocycles. The van der Waals surface area contributed by atoms with E-state index in [9.17, 15) is 14.0 Å². The van der Waals surface area contributed by atoms with Gasteiger partial charge in [-0.1, -0.05) is 0 Å². The number of aryl methyl sites for hydroxylation is 1. The van der Waals surface area contributed by atoms with E-state index < -0.39 is 5.82 Å². The van der Waals surface area contributed by atoms with E-state index in [-0.39, 0.29) is 22.8 Å². The molecule has 1 aromatic carbocycles. The molecule has 0 saturated carbocycles. The van der Waals surface area contributed by atoms with E-state index in [1.807, 2.05) is 0 Å². The number of hydrogen-bond donors (Lipinski definition) is 2. The zero-order valence-corrected chi connectivity index (χ0v) is 15.9. The summed E-state index contributed by atoms with van der Waals surface area (Å²) in [5, 5.41) is 9.98. The van der Waals surface area contributed by atoms with E-state index in [0.717, 1.165) is 12.8 Å². The van der Waals surface area contributed by atoms with E-state index >= 15 is 0 Å². The molecule has 10 heteroatoms. The van der Waals surface area contributed by atoms with Gasteiger partial charge in [0.05, 0.1) is 10.9 Å². The van der Waals surface area contributed by atoms with Crippen LogP contribution in [0.4, 0.5) is 4.39 Å². The lowest BCUT2D eigenvalue weighted by molar-refractivity contribution is -0.127. The van der Waals surface area contributed by atoms with Gasteiger partial charge < -0.3 is 10.1 Å². The number of halogens is 1. The zero-order chi connectivity index (χ0) is 19.7. The van der Waals surface area contributed by atoms with Gasteiger partial charge in [-0.15, -0.1) is 5.10 Å². The molecule has 28 heavy (non-hydrogen) atoms. The number of nitrogens with one attached hydrogen (secondary N) is 2. The fraction of sp³-hybridized carbons (Fsp3) is 0.444. The lowest BCUT2D eigenvalue weighted by Gasteiger charge is -2.21. The summed E-state index contributed by atoms with van der Waals surface area (Å²) in [5.74, 6) is -0.126. The Morgan fingerprint density at radius 2 is 2.18 bits per heavy atom. The van der Waals surface area contributed by atoms with Crippen LogP contribution in [0.2, 0.25) is 0 Å². The van der Waals surface area contributed by atoms with Gasteiger partial charge in [-0.3, -0.25) is 18.6 Å². The lowest BCUT2D eigenvalue weighted by atomic mass is 9.99. The van der Waals surface area contributed by atoms with Crippen molar-refractivity contribution in [3.8, 4) is 0 Å². The SMILES string of the molecule is O=C(NCCCn1c(=O)c2cc(F)ccc2n2c(=S)[nH]nc12)C1CCOCC1. The Morgan fingerprint density at radius 3 is 2.96 bits per heavy atom. The molecule has 8 nitrogen and oxygen atoms in total. The van der Waals surface area contributed by atoms with Crippen molar-refractivity contribution in [2.24, 2.45) is 5.92 Å². The Bertz CT molecular complexity index is 1150. The molecule has 1 saturated heterocycles. The number of hydrogen-bond acceptors (Lipinski definition) is 5. The maximum absolute atomic E-state index is 13.7. The Labute approximate surface area is 164 Å². The van der Waals surface area contributed by atoms with Crippen LogP contribution in [0.3, 0.4) is 0 Å². The summed E-state index contributed by atoms with van der Waals surface area (Å²) in [6.07, 6.45) is 1.99. The average Bonchev–Trinajstić information content (AvgIpc) is 3.09. The predicted molar refractivity (Wildman–Crippen MR) is 103 cm³/mol. The highest BCUT2D eigenvalue weighted by molar-refractivity contribution is 7.71. The van der Waals surface area contributed by atoms with Crippen LogP contribution >= 0.6 is 12.2 Å². The van der Waals surface area contributed by atoms with Crippen LogP contribution in [0, 0.1) is 16.5 Å². The minimum Gasteiger partial charge on any atom is -0.381 e. The summed E-state index contributed by atoms with van der Waals surface area (Å²) in [6.45, 7) is 1.97. The summed E-state index contributed by atoms with van der Waals surface area (Å²) < 4.78 is 22.3. The smallest absolute Gasteiger partial charge is 0.262 e. The number of rotatable bonds is 5. The van der Waals surface area contributed by atoms with Gasteiger partial charge in [0.15, 0.2) is 0 Å². The molecule has 3 aromatic rings. The van der Waals surface area contributed by atoms with Gasteiger partial charge in [-0.05, 0) is 49.7 Å². The number of aromatic amines is 1. The lowest BCUT2D eigenvalue weighted by Crippen LogP contribution is -2.35. The maximum atomic E-state index is 13.7. The van der Waals surface area contributed by atoms with Crippen molar-refractivity contribution in [2.75, 3.05) is 19.8 Å². The van der Waals surface area contributed by atoms with Crippen molar-refractivity contribution in [1.29, 1.82) is 0 Å². The fourth-order valence-corrected chi connectivity index (χ4v) is 3.78. The van der Waals surface area contributed by atoms with Crippen LogP contribution in [-0.4, -0.2) is 44.8 Å². The molecule has 148 valence electrons. The molecule has 0 atom stereocenters. The first kappa shape index (κ1) is 18.8. The molecule has 4 rings (SSSR count).